The van der Waals surface area contributed by atoms with E-state index in [1.54, 1.807) is 0 Å². The summed E-state index contributed by atoms with van der Waals surface area (Å²) in [6.07, 6.45) is 57.9. The van der Waals surface area contributed by atoms with Crippen LogP contribution in [-0.4, -0.2) is 37.9 Å². The van der Waals surface area contributed by atoms with Crippen LogP contribution in [0.25, 0.3) is 0 Å². The van der Waals surface area contributed by atoms with E-state index < -0.39 is 6.10 Å². The molecule has 0 fully saturated rings. The molecule has 0 saturated carbocycles. The highest BCUT2D eigenvalue weighted by Crippen LogP contribution is 2.13. The Bertz CT molecular complexity index is 977. The van der Waals surface area contributed by atoms with Crippen LogP contribution in [0.5, 0.6) is 0 Å². The van der Waals surface area contributed by atoms with E-state index in [2.05, 4.69) is 81.5 Å². The van der Waals surface area contributed by atoms with Gasteiger partial charge in [-0.15, -0.1) is 0 Å². The minimum Gasteiger partial charge on any atom is -0.462 e. The molecule has 1 unspecified atom stereocenters. The van der Waals surface area contributed by atoms with Crippen LogP contribution in [0.15, 0.2) is 60.8 Å². The number of esters is 2. The molecule has 0 N–H and O–H groups in total. The lowest BCUT2D eigenvalue weighted by molar-refractivity contribution is -0.163. The molecule has 0 heterocycles. The van der Waals surface area contributed by atoms with Gasteiger partial charge >= 0.3 is 11.9 Å². The third kappa shape index (κ3) is 44.3. The first-order valence-electron chi connectivity index (χ1n) is 23.8. The lowest BCUT2D eigenvalue weighted by atomic mass is 10.1. The summed E-state index contributed by atoms with van der Waals surface area (Å²) in [5.74, 6) is -0.429. The minimum absolute atomic E-state index is 0.0700. The highest BCUT2D eigenvalue weighted by atomic mass is 16.6. The van der Waals surface area contributed by atoms with Crippen LogP contribution in [-0.2, 0) is 23.8 Å². The second kappa shape index (κ2) is 47.0. The van der Waals surface area contributed by atoms with E-state index in [9.17, 15) is 9.59 Å². The van der Waals surface area contributed by atoms with Crippen molar-refractivity contribution in [3.05, 3.63) is 60.8 Å². The second-order valence-electron chi connectivity index (χ2n) is 15.6. The van der Waals surface area contributed by atoms with Gasteiger partial charge in [-0.3, -0.25) is 9.59 Å². The molecule has 0 aromatic carbocycles. The van der Waals surface area contributed by atoms with E-state index in [0.29, 0.717) is 19.4 Å². The van der Waals surface area contributed by atoms with Gasteiger partial charge in [0.15, 0.2) is 6.10 Å². The number of rotatable bonds is 43. The van der Waals surface area contributed by atoms with Crippen LogP contribution in [0.3, 0.4) is 0 Å². The van der Waals surface area contributed by atoms with Crippen LogP contribution in [0, 0.1) is 0 Å². The molecule has 0 aromatic heterocycles. The zero-order valence-electron chi connectivity index (χ0n) is 37.1. The summed E-state index contributed by atoms with van der Waals surface area (Å²) >= 11 is 0. The Morgan fingerprint density at radius 3 is 1.36 bits per heavy atom. The summed E-state index contributed by atoms with van der Waals surface area (Å²) in [5.41, 5.74) is 0. The van der Waals surface area contributed by atoms with Crippen molar-refractivity contribution >= 4 is 11.9 Å². The van der Waals surface area contributed by atoms with Gasteiger partial charge in [-0.2, -0.15) is 0 Å². The number of hydrogen-bond donors (Lipinski definition) is 0. The zero-order chi connectivity index (χ0) is 40.7. The van der Waals surface area contributed by atoms with Crippen molar-refractivity contribution in [2.24, 2.45) is 0 Å². The molecule has 1 atom stereocenters. The number of carbonyl (C=O) groups excluding carboxylic acids is 2. The van der Waals surface area contributed by atoms with Gasteiger partial charge in [0.1, 0.15) is 6.61 Å². The average Bonchev–Trinajstić information content (AvgIpc) is 3.20. The van der Waals surface area contributed by atoms with E-state index in [4.69, 9.17) is 14.2 Å². The molecule has 0 aliphatic carbocycles. The lowest BCUT2D eigenvalue weighted by Crippen LogP contribution is -2.30. The van der Waals surface area contributed by atoms with Gasteiger partial charge in [-0.25, -0.2) is 0 Å². The Morgan fingerprint density at radius 2 is 0.821 bits per heavy atom. The van der Waals surface area contributed by atoms with E-state index in [-0.39, 0.29) is 25.2 Å². The smallest absolute Gasteiger partial charge is 0.306 e. The van der Waals surface area contributed by atoms with Crippen molar-refractivity contribution < 1.29 is 23.8 Å². The van der Waals surface area contributed by atoms with Crippen molar-refractivity contribution in [2.45, 2.75) is 232 Å². The summed E-state index contributed by atoms with van der Waals surface area (Å²) in [7, 11) is 0. The highest BCUT2D eigenvalue weighted by molar-refractivity contribution is 5.70. The fourth-order valence-corrected chi connectivity index (χ4v) is 6.44. The molecular weight excluding hydrogens is 693 g/mol. The van der Waals surface area contributed by atoms with Crippen LogP contribution < -0.4 is 0 Å². The maximum Gasteiger partial charge on any atom is 0.306 e. The van der Waals surface area contributed by atoms with Crippen molar-refractivity contribution in [1.82, 2.24) is 0 Å². The Morgan fingerprint density at radius 1 is 0.411 bits per heavy atom. The molecule has 0 aliphatic heterocycles. The zero-order valence-corrected chi connectivity index (χ0v) is 37.1. The van der Waals surface area contributed by atoms with Gasteiger partial charge in [0.25, 0.3) is 0 Å². The molecule has 0 amide bonds. The van der Waals surface area contributed by atoms with E-state index in [1.165, 1.54) is 109 Å². The largest absolute Gasteiger partial charge is 0.462 e. The van der Waals surface area contributed by atoms with E-state index in [1.807, 2.05) is 0 Å². The number of allylic oxidation sites excluding steroid dienone is 10. The first-order valence-corrected chi connectivity index (χ1v) is 23.8. The topological polar surface area (TPSA) is 61.8 Å². The monoisotopic (exact) mass is 783 g/mol. The third-order valence-corrected chi connectivity index (χ3v) is 10.0. The lowest BCUT2D eigenvalue weighted by Gasteiger charge is -2.18. The quantitative estimate of drug-likeness (QED) is 0.0350. The molecular formula is C51H90O5. The third-order valence-electron chi connectivity index (χ3n) is 10.0. The molecule has 0 radical (unpaired) electrons. The Kier molecular flexibility index (Phi) is 45.0. The first kappa shape index (κ1) is 53.6. The van der Waals surface area contributed by atoms with Gasteiger partial charge < -0.3 is 14.2 Å². The summed E-state index contributed by atoms with van der Waals surface area (Å²) in [6.45, 7) is 7.63. The number of ether oxygens (including phenoxy) is 3. The number of hydrogen-bond acceptors (Lipinski definition) is 5. The molecule has 5 heteroatoms. The molecule has 5 nitrogen and oxygen atoms in total. The van der Waals surface area contributed by atoms with E-state index in [0.717, 1.165) is 83.5 Å². The van der Waals surface area contributed by atoms with E-state index >= 15 is 0 Å². The fraction of sp³-hybridized carbons (Fsp3) is 0.765. The molecule has 56 heavy (non-hydrogen) atoms. The molecule has 0 aliphatic rings. The number of unbranched alkanes of at least 4 members (excludes halogenated alkanes) is 22. The molecule has 0 saturated heterocycles. The van der Waals surface area contributed by atoms with Gasteiger partial charge in [0.05, 0.1) is 6.61 Å². The van der Waals surface area contributed by atoms with Crippen LogP contribution in [0.2, 0.25) is 0 Å². The minimum atomic E-state index is -0.549. The van der Waals surface area contributed by atoms with Gasteiger partial charge in [-0.1, -0.05) is 178 Å². The number of carbonyl (C=O) groups is 2. The van der Waals surface area contributed by atoms with Gasteiger partial charge in [0, 0.05) is 19.4 Å². The van der Waals surface area contributed by atoms with Crippen molar-refractivity contribution in [1.29, 1.82) is 0 Å². The average molecular weight is 783 g/mol. The van der Waals surface area contributed by atoms with Crippen molar-refractivity contribution in [3.8, 4) is 0 Å². The van der Waals surface area contributed by atoms with Gasteiger partial charge in [0.2, 0.25) is 0 Å². The molecule has 324 valence electrons. The summed E-state index contributed by atoms with van der Waals surface area (Å²) in [5, 5.41) is 0. The Balaban J connectivity index is 4.30. The second-order valence-corrected chi connectivity index (χ2v) is 15.6. The van der Waals surface area contributed by atoms with Crippen molar-refractivity contribution in [2.75, 3.05) is 19.8 Å². The summed E-state index contributed by atoms with van der Waals surface area (Å²) in [6, 6.07) is 0. The summed E-state index contributed by atoms with van der Waals surface area (Å²) < 4.78 is 17.3. The molecule has 0 spiro atoms. The highest BCUT2D eigenvalue weighted by Gasteiger charge is 2.17. The predicted molar refractivity (Wildman–Crippen MR) is 242 cm³/mol. The van der Waals surface area contributed by atoms with Crippen LogP contribution >= 0.6 is 0 Å². The Hall–Kier alpha value is -2.40. The normalized spacial score (nSPS) is 12.7. The van der Waals surface area contributed by atoms with Crippen molar-refractivity contribution in [3.63, 3.8) is 0 Å². The van der Waals surface area contributed by atoms with Crippen LogP contribution in [0.1, 0.15) is 226 Å². The first-order chi connectivity index (χ1) is 27.6. The maximum absolute atomic E-state index is 12.7. The standard InChI is InChI=1S/C51H90O5/c1-4-7-10-13-16-19-22-25-26-28-29-32-35-38-41-44-50(52)55-48-49(47-54-46-43-40-37-34-31-24-21-18-15-12-9-6-3)56-51(53)45-42-39-36-33-30-27-23-20-17-14-11-8-5-2/h7,10,15-16,18-20,23,25-26,49H,4-6,8-9,11-14,17,21-22,24,27-48H2,1-3H3/b10-7-,18-15-,19-16-,23-20-,26-25-. The fourth-order valence-electron chi connectivity index (χ4n) is 6.44. The maximum atomic E-state index is 12.7. The Labute approximate surface area is 347 Å². The molecule has 0 bridgehead atoms. The van der Waals surface area contributed by atoms with Crippen LogP contribution in [0.4, 0.5) is 0 Å². The predicted octanol–water partition coefficient (Wildman–Crippen LogP) is 15.8. The SMILES string of the molecule is CC/C=C\C/C=C\C/C=C\CCCCCCCC(=O)OCC(COCCCCCCCC/C=C\CCCC)OC(=O)CCCCCCC/C=C\CCCCCC. The molecule has 0 rings (SSSR count). The molecule has 0 aromatic rings. The summed E-state index contributed by atoms with van der Waals surface area (Å²) in [4.78, 5) is 25.3. The van der Waals surface area contributed by atoms with Gasteiger partial charge in [-0.05, 0) is 96.3 Å².